The molecule has 1 N–H and O–H groups in total. The summed E-state index contributed by atoms with van der Waals surface area (Å²) in [6.45, 7) is 6.04. The normalized spacial score (nSPS) is 10.8. The molecule has 2 aromatic carbocycles. The minimum Gasteiger partial charge on any atom is -0.282 e. The molecule has 0 bridgehead atoms. The molecular formula is C16H20O3S. The fraction of sp³-hybridized carbons (Fsp3) is 0.250. The molecule has 20 heavy (non-hydrogen) atoms. The van der Waals surface area contributed by atoms with Crippen molar-refractivity contribution in [2.45, 2.75) is 31.6 Å². The molecule has 0 aromatic heterocycles. The Labute approximate surface area is 121 Å². The van der Waals surface area contributed by atoms with Gasteiger partial charge in [0.2, 0.25) is 0 Å². The van der Waals surface area contributed by atoms with Gasteiger partial charge >= 0.3 is 0 Å². The van der Waals surface area contributed by atoms with E-state index in [1.165, 1.54) is 11.6 Å². The van der Waals surface area contributed by atoms with Crippen LogP contribution in [0.1, 0.15) is 30.9 Å². The summed E-state index contributed by atoms with van der Waals surface area (Å²) in [5.74, 6) is 0.659. The summed E-state index contributed by atoms with van der Waals surface area (Å²) in [6, 6.07) is 16.8. The molecule has 2 rings (SSSR count). The van der Waals surface area contributed by atoms with Gasteiger partial charge in [0, 0.05) is 0 Å². The highest BCUT2D eigenvalue weighted by Crippen LogP contribution is 2.13. The van der Waals surface area contributed by atoms with E-state index in [0.717, 1.165) is 0 Å². The molecule has 0 amide bonds. The van der Waals surface area contributed by atoms with Gasteiger partial charge < -0.3 is 0 Å². The van der Waals surface area contributed by atoms with E-state index >= 15 is 0 Å². The lowest BCUT2D eigenvalue weighted by Crippen LogP contribution is -1.99. The van der Waals surface area contributed by atoms with Gasteiger partial charge in [-0.3, -0.25) is 4.55 Å². The number of hydrogen-bond acceptors (Lipinski definition) is 2. The van der Waals surface area contributed by atoms with Crippen LogP contribution in [0, 0.1) is 6.92 Å². The lowest BCUT2D eigenvalue weighted by atomic mass is 10.0. The third kappa shape index (κ3) is 5.15. The number of rotatable bonds is 2. The van der Waals surface area contributed by atoms with Gasteiger partial charge in [-0.2, -0.15) is 8.42 Å². The van der Waals surface area contributed by atoms with Crippen molar-refractivity contribution in [3.8, 4) is 0 Å². The zero-order valence-corrected chi connectivity index (χ0v) is 12.8. The number of aryl methyl sites for hydroxylation is 1. The van der Waals surface area contributed by atoms with Crippen LogP contribution < -0.4 is 0 Å². The van der Waals surface area contributed by atoms with Crippen LogP contribution in [-0.2, 0) is 10.1 Å². The molecule has 0 atom stereocenters. The highest BCUT2D eigenvalue weighted by Gasteiger charge is 2.10. The van der Waals surface area contributed by atoms with Crippen molar-refractivity contribution in [3.05, 3.63) is 65.7 Å². The second kappa shape index (κ2) is 7.22. The van der Waals surface area contributed by atoms with E-state index in [4.69, 9.17) is 4.55 Å². The molecule has 0 saturated carbocycles. The van der Waals surface area contributed by atoms with Crippen molar-refractivity contribution in [3.63, 3.8) is 0 Å². The predicted molar refractivity (Wildman–Crippen MR) is 81.5 cm³/mol. The van der Waals surface area contributed by atoms with E-state index in [9.17, 15) is 8.42 Å². The molecule has 4 heteroatoms. The third-order valence-corrected chi connectivity index (χ3v) is 3.85. The SMILES string of the molecule is CC(C)c1ccccc1.Cc1ccccc1S(=O)(=O)O. The number of benzene rings is 2. The van der Waals surface area contributed by atoms with E-state index < -0.39 is 10.1 Å². The molecule has 2 aromatic rings. The van der Waals surface area contributed by atoms with E-state index in [1.54, 1.807) is 25.1 Å². The Morgan fingerprint density at radius 2 is 1.40 bits per heavy atom. The molecule has 108 valence electrons. The smallest absolute Gasteiger partial charge is 0.282 e. The first-order valence-corrected chi connectivity index (χ1v) is 7.84. The molecule has 0 aliphatic heterocycles. The molecular weight excluding hydrogens is 272 g/mol. The zero-order valence-electron chi connectivity index (χ0n) is 11.9. The van der Waals surface area contributed by atoms with E-state index in [0.29, 0.717) is 11.5 Å². The van der Waals surface area contributed by atoms with Crippen molar-refractivity contribution in [2.75, 3.05) is 0 Å². The van der Waals surface area contributed by atoms with Crippen molar-refractivity contribution < 1.29 is 13.0 Å². The Kier molecular flexibility index (Phi) is 5.92. The van der Waals surface area contributed by atoms with Crippen LogP contribution in [-0.4, -0.2) is 13.0 Å². The number of hydrogen-bond donors (Lipinski definition) is 1. The van der Waals surface area contributed by atoms with Crippen LogP contribution in [0.3, 0.4) is 0 Å². The van der Waals surface area contributed by atoms with Gasteiger partial charge in [0.25, 0.3) is 10.1 Å². The fourth-order valence-electron chi connectivity index (χ4n) is 1.68. The maximum atomic E-state index is 10.6. The van der Waals surface area contributed by atoms with Crippen LogP contribution in [0.25, 0.3) is 0 Å². The van der Waals surface area contributed by atoms with Crippen LogP contribution in [0.15, 0.2) is 59.5 Å². The summed E-state index contributed by atoms with van der Waals surface area (Å²) < 4.78 is 29.9. The van der Waals surface area contributed by atoms with Crippen molar-refractivity contribution in [1.82, 2.24) is 0 Å². The van der Waals surface area contributed by atoms with Crippen LogP contribution in [0.5, 0.6) is 0 Å². The predicted octanol–water partition coefficient (Wildman–Crippen LogP) is 4.05. The summed E-state index contributed by atoms with van der Waals surface area (Å²) in [6.07, 6.45) is 0. The third-order valence-electron chi connectivity index (χ3n) is 2.84. The summed E-state index contributed by atoms with van der Waals surface area (Å²) in [5.41, 5.74) is 1.97. The van der Waals surface area contributed by atoms with Gasteiger partial charge in [-0.05, 0) is 30.0 Å². The molecule has 0 aliphatic carbocycles. The molecule has 0 spiro atoms. The molecule has 0 unspecified atom stereocenters. The fourth-order valence-corrected chi connectivity index (χ4v) is 2.41. The van der Waals surface area contributed by atoms with Gasteiger partial charge in [0.1, 0.15) is 0 Å². The second-order valence-corrected chi connectivity index (χ2v) is 6.20. The quantitative estimate of drug-likeness (QED) is 0.849. The minimum absolute atomic E-state index is 0.0278. The first kappa shape index (κ1) is 16.4. The maximum Gasteiger partial charge on any atom is 0.294 e. The molecule has 0 radical (unpaired) electrons. The highest BCUT2D eigenvalue weighted by atomic mass is 32.2. The average Bonchev–Trinajstić information content (AvgIpc) is 2.39. The second-order valence-electron chi connectivity index (χ2n) is 4.81. The first-order valence-electron chi connectivity index (χ1n) is 6.40. The Balaban J connectivity index is 0.000000204. The summed E-state index contributed by atoms with van der Waals surface area (Å²) in [4.78, 5) is -0.0278. The highest BCUT2D eigenvalue weighted by molar-refractivity contribution is 7.85. The Morgan fingerprint density at radius 3 is 1.75 bits per heavy atom. The van der Waals surface area contributed by atoms with Crippen molar-refractivity contribution in [1.29, 1.82) is 0 Å². The molecule has 0 saturated heterocycles. The monoisotopic (exact) mass is 292 g/mol. The van der Waals surface area contributed by atoms with E-state index in [-0.39, 0.29) is 4.90 Å². The summed E-state index contributed by atoms with van der Waals surface area (Å²) in [5, 5.41) is 0. The van der Waals surface area contributed by atoms with E-state index in [2.05, 4.69) is 38.1 Å². The minimum atomic E-state index is -4.03. The zero-order chi connectivity index (χ0) is 15.2. The molecule has 0 fully saturated rings. The Bertz CT molecular complexity index is 632. The maximum absolute atomic E-state index is 10.6. The molecule has 0 aliphatic rings. The lowest BCUT2D eigenvalue weighted by molar-refractivity contribution is 0.482. The van der Waals surface area contributed by atoms with Gasteiger partial charge in [-0.1, -0.05) is 62.4 Å². The van der Waals surface area contributed by atoms with Crippen molar-refractivity contribution in [2.24, 2.45) is 0 Å². The summed E-state index contributed by atoms with van der Waals surface area (Å²) >= 11 is 0. The lowest BCUT2D eigenvalue weighted by Gasteiger charge is -2.01. The van der Waals surface area contributed by atoms with Crippen LogP contribution in [0.2, 0.25) is 0 Å². The van der Waals surface area contributed by atoms with Gasteiger partial charge in [-0.15, -0.1) is 0 Å². The van der Waals surface area contributed by atoms with Crippen LogP contribution in [0.4, 0.5) is 0 Å². The topological polar surface area (TPSA) is 54.4 Å². The Morgan fingerprint density at radius 1 is 0.900 bits per heavy atom. The Hall–Kier alpha value is -1.65. The van der Waals surface area contributed by atoms with Gasteiger partial charge in [0.05, 0.1) is 4.90 Å². The van der Waals surface area contributed by atoms with Crippen LogP contribution >= 0.6 is 0 Å². The molecule has 0 heterocycles. The average molecular weight is 292 g/mol. The van der Waals surface area contributed by atoms with Gasteiger partial charge in [-0.25, -0.2) is 0 Å². The van der Waals surface area contributed by atoms with Crippen molar-refractivity contribution >= 4 is 10.1 Å². The van der Waals surface area contributed by atoms with Gasteiger partial charge in [0.15, 0.2) is 0 Å². The standard InChI is InChI=1S/C9H12.C7H8O3S/c1-8(2)9-6-4-3-5-7-9;1-6-4-2-3-5-7(6)11(8,9)10/h3-8H,1-2H3;2-5H,1H3,(H,8,9,10). The largest absolute Gasteiger partial charge is 0.294 e. The first-order chi connectivity index (χ1) is 9.32. The summed E-state index contributed by atoms with van der Waals surface area (Å²) in [7, 11) is -4.03. The van der Waals surface area contributed by atoms with E-state index in [1.807, 2.05) is 6.07 Å². The molecule has 3 nitrogen and oxygen atoms in total.